The van der Waals surface area contributed by atoms with E-state index in [2.05, 4.69) is 11.5 Å². The number of halogens is 1. The van der Waals surface area contributed by atoms with Crippen molar-refractivity contribution in [3.8, 4) is 0 Å². The lowest BCUT2D eigenvalue weighted by molar-refractivity contribution is -0.160. The zero-order valence-corrected chi connectivity index (χ0v) is 13.1. The molecule has 0 heterocycles. The Morgan fingerprint density at radius 1 is 1.26 bits per heavy atom. The van der Waals surface area contributed by atoms with Gasteiger partial charge in [-0.15, -0.1) is 6.58 Å². The average Bonchev–Trinajstić information content (AvgIpc) is 2.34. The molecule has 19 heavy (non-hydrogen) atoms. The lowest BCUT2D eigenvalue weighted by Gasteiger charge is -2.33. The second-order valence-corrected chi connectivity index (χ2v) is 4.31. The minimum atomic E-state index is -1.11. The molecule has 0 aliphatic heterocycles. The number of rotatable bonds is 9. The first-order chi connectivity index (χ1) is 8.48. The number of hydrogen-bond donors (Lipinski definition) is 0. The number of hydrogen-bond acceptors (Lipinski definition) is 4. The quantitative estimate of drug-likeness (QED) is 0.312. The molecule has 5 heteroatoms. The van der Waals surface area contributed by atoms with Gasteiger partial charge < -0.3 is 22.0 Å². The maximum atomic E-state index is 12.1. The fourth-order valence-electron chi connectivity index (χ4n) is 1.96. The first-order valence-electron chi connectivity index (χ1n) is 6.49. The summed E-state index contributed by atoms with van der Waals surface area (Å²) < 4.78 is 5.08. The number of carbonyl (C=O) groups excluding carboxylic acids is 2. The molecule has 0 aromatic carbocycles. The Balaban J connectivity index is 0. The van der Waals surface area contributed by atoms with Crippen LogP contribution in [0.3, 0.4) is 0 Å². The van der Waals surface area contributed by atoms with Crippen LogP contribution in [0.15, 0.2) is 12.7 Å². The molecule has 0 saturated heterocycles. The number of ketones is 1. The average molecular weight is 291 g/mol. The Morgan fingerprint density at radius 2 is 1.79 bits per heavy atom. The molecule has 1 atom stereocenters. The Morgan fingerprint density at radius 3 is 2.11 bits per heavy atom. The molecule has 1 unspecified atom stereocenters. The van der Waals surface area contributed by atoms with Gasteiger partial charge in [0.05, 0.1) is 6.61 Å². The topological polar surface area (TPSA) is 46.6 Å². The summed E-state index contributed by atoms with van der Waals surface area (Å²) in [6.07, 6.45) is 1.93. The van der Waals surface area contributed by atoms with E-state index in [4.69, 9.17) is 4.74 Å². The van der Waals surface area contributed by atoms with Gasteiger partial charge in [0, 0.05) is 6.54 Å². The Hall–Kier alpha value is -0.870. The van der Waals surface area contributed by atoms with Crippen LogP contribution >= 0.6 is 0 Å². The number of carbonyl (C=O) groups is 2. The lowest BCUT2D eigenvalue weighted by atomic mass is 9.80. The lowest BCUT2D eigenvalue weighted by Crippen LogP contribution is -3.00. The summed E-state index contributed by atoms with van der Waals surface area (Å²) in [5, 5.41) is 0. The van der Waals surface area contributed by atoms with Gasteiger partial charge in [-0.25, -0.2) is 0 Å². The minimum absolute atomic E-state index is 0. The van der Waals surface area contributed by atoms with E-state index >= 15 is 0 Å². The van der Waals surface area contributed by atoms with E-state index in [0.717, 1.165) is 13.1 Å². The monoisotopic (exact) mass is 290 g/mol. The van der Waals surface area contributed by atoms with Crippen LogP contribution in [0.2, 0.25) is 0 Å². The molecular formula is C14H25ClNO3-. The van der Waals surface area contributed by atoms with Crippen molar-refractivity contribution in [3.63, 3.8) is 0 Å². The normalized spacial score (nSPS) is 13.3. The number of nitrogens with zero attached hydrogens (tertiary/aromatic N) is 1. The highest BCUT2D eigenvalue weighted by molar-refractivity contribution is 6.03. The second kappa shape index (κ2) is 9.98. The summed E-state index contributed by atoms with van der Waals surface area (Å²) in [6.45, 7) is 13.1. The first-order valence-corrected chi connectivity index (χ1v) is 6.49. The molecular weight excluding hydrogens is 266 g/mol. The van der Waals surface area contributed by atoms with Gasteiger partial charge in [-0.05, 0) is 33.4 Å². The SMILES string of the molecule is C=CCC(CN(CC)CC)(C(C)=O)C(=O)OCC.[Cl-]. The van der Waals surface area contributed by atoms with E-state index in [1.54, 1.807) is 13.0 Å². The molecule has 0 amide bonds. The zero-order chi connectivity index (χ0) is 14.2. The number of esters is 1. The van der Waals surface area contributed by atoms with Crippen molar-refractivity contribution >= 4 is 11.8 Å². The molecule has 112 valence electrons. The van der Waals surface area contributed by atoms with Crippen LogP contribution in [0.4, 0.5) is 0 Å². The Kier molecular flexibility index (Phi) is 10.7. The van der Waals surface area contributed by atoms with Crippen LogP contribution in [-0.2, 0) is 14.3 Å². The maximum Gasteiger partial charge on any atom is 0.321 e. The smallest absolute Gasteiger partial charge is 0.321 e. The highest BCUT2D eigenvalue weighted by atomic mass is 35.5. The number of allylic oxidation sites excluding steroid dienone is 1. The van der Waals surface area contributed by atoms with Gasteiger partial charge >= 0.3 is 5.97 Å². The second-order valence-electron chi connectivity index (χ2n) is 4.31. The molecule has 4 nitrogen and oxygen atoms in total. The van der Waals surface area contributed by atoms with Crippen LogP contribution in [0.25, 0.3) is 0 Å². The predicted molar refractivity (Wildman–Crippen MR) is 72.3 cm³/mol. The van der Waals surface area contributed by atoms with Gasteiger partial charge in [-0.3, -0.25) is 9.59 Å². The van der Waals surface area contributed by atoms with Crippen LogP contribution in [0.1, 0.15) is 34.1 Å². The highest BCUT2D eigenvalue weighted by Gasteiger charge is 2.44. The summed E-state index contributed by atoms with van der Waals surface area (Å²) in [7, 11) is 0. The van der Waals surface area contributed by atoms with Crippen molar-refractivity contribution in [3.05, 3.63) is 12.7 Å². The van der Waals surface area contributed by atoms with E-state index in [9.17, 15) is 9.59 Å². The molecule has 0 spiro atoms. The molecule has 0 bridgehead atoms. The minimum Gasteiger partial charge on any atom is -1.00 e. The fourth-order valence-corrected chi connectivity index (χ4v) is 1.96. The predicted octanol–water partition coefficient (Wildman–Crippen LogP) is -0.953. The molecule has 0 aromatic rings. The van der Waals surface area contributed by atoms with Crippen molar-refractivity contribution in [1.29, 1.82) is 0 Å². The maximum absolute atomic E-state index is 12.1. The standard InChI is InChI=1S/C14H25NO3.ClH/c1-6-10-14(12(5)16,13(17)18-9-4)11-15(7-2)8-3;/h6H,1,7-11H2,2-5H3;1H/p-1. The van der Waals surface area contributed by atoms with E-state index < -0.39 is 11.4 Å². The number of Topliss-reactive ketones (excluding diaryl/α,β-unsaturated/α-hetero) is 1. The molecule has 0 fully saturated rings. The third-order valence-corrected chi connectivity index (χ3v) is 3.22. The van der Waals surface area contributed by atoms with E-state index in [1.165, 1.54) is 6.92 Å². The van der Waals surface area contributed by atoms with Gasteiger partial charge in [0.2, 0.25) is 0 Å². The third-order valence-electron chi connectivity index (χ3n) is 3.22. The van der Waals surface area contributed by atoms with E-state index in [1.807, 2.05) is 13.8 Å². The number of ether oxygens (including phenoxy) is 1. The molecule has 0 saturated carbocycles. The zero-order valence-electron chi connectivity index (χ0n) is 12.4. The van der Waals surface area contributed by atoms with Gasteiger partial charge in [0.1, 0.15) is 11.2 Å². The summed E-state index contributed by atoms with van der Waals surface area (Å²) in [6, 6.07) is 0. The first kappa shape index (κ1) is 20.4. The molecule has 0 aliphatic rings. The van der Waals surface area contributed by atoms with Gasteiger partial charge in [0.15, 0.2) is 0 Å². The van der Waals surface area contributed by atoms with E-state index in [0.29, 0.717) is 13.0 Å². The van der Waals surface area contributed by atoms with Crippen LogP contribution in [-0.4, -0.2) is 42.9 Å². The summed E-state index contributed by atoms with van der Waals surface area (Å²) in [4.78, 5) is 26.2. The van der Waals surface area contributed by atoms with Crippen LogP contribution in [0.5, 0.6) is 0 Å². The molecule has 0 radical (unpaired) electrons. The van der Waals surface area contributed by atoms with Crippen molar-refractivity contribution < 1.29 is 26.7 Å². The summed E-state index contributed by atoms with van der Waals surface area (Å²) >= 11 is 0. The Bertz CT molecular complexity index is 303. The summed E-state index contributed by atoms with van der Waals surface area (Å²) in [5.74, 6) is -0.600. The molecule has 0 N–H and O–H groups in total. The Labute approximate surface area is 122 Å². The van der Waals surface area contributed by atoms with E-state index in [-0.39, 0.29) is 24.8 Å². The fraction of sp³-hybridized carbons (Fsp3) is 0.714. The largest absolute Gasteiger partial charge is 1.00 e. The highest BCUT2D eigenvalue weighted by Crippen LogP contribution is 2.27. The van der Waals surface area contributed by atoms with Crippen molar-refractivity contribution in [1.82, 2.24) is 4.90 Å². The molecule has 0 rings (SSSR count). The van der Waals surface area contributed by atoms with Crippen molar-refractivity contribution in [2.24, 2.45) is 5.41 Å². The molecule has 0 aromatic heterocycles. The molecule has 0 aliphatic carbocycles. The van der Waals surface area contributed by atoms with Gasteiger partial charge in [-0.1, -0.05) is 19.9 Å². The van der Waals surface area contributed by atoms with Crippen molar-refractivity contribution in [2.45, 2.75) is 34.1 Å². The van der Waals surface area contributed by atoms with Crippen molar-refractivity contribution in [2.75, 3.05) is 26.2 Å². The van der Waals surface area contributed by atoms with Gasteiger partial charge in [-0.2, -0.15) is 0 Å². The van der Waals surface area contributed by atoms with Crippen LogP contribution in [0, 0.1) is 5.41 Å². The van der Waals surface area contributed by atoms with Crippen LogP contribution < -0.4 is 12.4 Å². The van der Waals surface area contributed by atoms with Gasteiger partial charge in [0.25, 0.3) is 0 Å². The summed E-state index contributed by atoms with van der Waals surface area (Å²) in [5.41, 5.74) is -1.11. The third kappa shape index (κ3) is 5.33.